The van der Waals surface area contributed by atoms with Crippen LogP contribution in [-0.4, -0.2) is 48.5 Å². The van der Waals surface area contributed by atoms with E-state index in [1.54, 1.807) is 0 Å². The van der Waals surface area contributed by atoms with E-state index in [0.717, 1.165) is 6.08 Å². The van der Waals surface area contributed by atoms with Crippen LogP contribution in [0.4, 0.5) is 13.2 Å². The third-order valence-corrected chi connectivity index (χ3v) is 4.00. The molecule has 0 aromatic carbocycles. The van der Waals surface area contributed by atoms with Crippen LogP contribution in [0, 0.1) is 0 Å². The largest absolute Gasteiger partial charge is 0.423 e. The first-order chi connectivity index (χ1) is 7.12. The maximum atomic E-state index is 12.5. The molecule has 0 radical (unpaired) electrons. The molecule has 0 saturated carbocycles. The normalized spacial score (nSPS) is 24.7. The molecule has 2 N–H and O–H groups in total. The first kappa shape index (κ1) is 13.5. The van der Waals surface area contributed by atoms with Gasteiger partial charge in [-0.25, -0.2) is 8.42 Å². The Kier molecular flexibility index (Phi) is 3.37. The number of aliphatic hydroxyl groups excluding tert-OH is 1. The third-order valence-electron chi connectivity index (χ3n) is 2.50. The lowest BCUT2D eigenvalue weighted by Gasteiger charge is -2.32. The Labute approximate surface area is 90.3 Å². The summed E-state index contributed by atoms with van der Waals surface area (Å²) in [5, 5.41) is 18.0. The van der Waals surface area contributed by atoms with Crippen molar-refractivity contribution in [3.8, 4) is 0 Å². The van der Waals surface area contributed by atoms with Crippen LogP contribution < -0.4 is 0 Å². The van der Waals surface area contributed by atoms with Crippen molar-refractivity contribution in [2.45, 2.75) is 18.2 Å². The summed E-state index contributed by atoms with van der Waals surface area (Å²) in [5.41, 5.74) is -3.82. The number of sulfone groups is 1. The van der Waals surface area contributed by atoms with Crippen molar-refractivity contribution < 1.29 is 31.8 Å². The van der Waals surface area contributed by atoms with Crippen LogP contribution in [0.2, 0.25) is 0 Å². The zero-order chi connectivity index (χ0) is 12.6. The van der Waals surface area contributed by atoms with E-state index < -0.39 is 51.7 Å². The molecule has 0 spiro atoms. The number of aliphatic hydroxyl groups is 2. The molecule has 0 amide bonds. The number of hydrogen-bond donors (Lipinski definition) is 2. The van der Waals surface area contributed by atoms with Gasteiger partial charge in [-0.3, -0.25) is 0 Å². The van der Waals surface area contributed by atoms with Crippen molar-refractivity contribution in [2.24, 2.45) is 0 Å². The van der Waals surface area contributed by atoms with E-state index in [-0.39, 0.29) is 0 Å². The second-order valence-corrected chi connectivity index (χ2v) is 5.84. The summed E-state index contributed by atoms with van der Waals surface area (Å²) in [6.45, 7) is -1.51. The maximum absolute atomic E-state index is 12.5. The monoisotopic (exact) mass is 260 g/mol. The highest BCUT2D eigenvalue weighted by molar-refractivity contribution is 7.91. The number of hydrogen-bond acceptors (Lipinski definition) is 4. The summed E-state index contributed by atoms with van der Waals surface area (Å²) >= 11 is 0. The highest BCUT2D eigenvalue weighted by atomic mass is 32.2. The Morgan fingerprint density at radius 1 is 1.38 bits per heavy atom. The SMILES string of the molecule is O=S1(=O)CC=C(C(O)(CO)C(F)(F)F)CC1. The zero-order valence-electron chi connectivity index (χ0n) is 8.16. The molecular formula is C8H11F3O4S. The van der Waals surface area contributed by atoms with Crippen molar-refractivity contribution in [1.82, 2.24) is 0 Å². The molecule has 4 nitrogen and oxygen atoms in total. The minimum absolute atomic E-state index is 0.418. The first-order valence-corrected chi connectivity index (χ1v) is 6.24. The van der Waals surface area contributed by atoms with Crippen LogP contribution >= 0.6 is 0 Å². The van der Waals surface area contributed by atoms with Crippen LogP contribution in [-0.2, 0) is 9.84 Å². The maximum Gasteiger partial charge on any atom is 0.423 e. The number of rotatable bonds is 2. The highest BCUT2D eigenvalue weighted by Gasteiger charge is 2.56. The molecule has 0 aromatic rings. The first-order valence-electron chi connectivity index (χ1n) is 4.42. The Morgan fingerprint density at radius 3 is 2.25 bits per heavy atom. The van der Waals surface area contributed by atoms with Gasteiger partial charge in [-0.2, -0.15) is 13.2 Å². The number of alkyl halides is 3. The summed E-state index contributed by atoms with van der Waals surface area (Å²) in [5.74, 6) is -0.988. The second kappa shape index (κ2) is 4.01. The van der Waals surface area contributed by atoms with Crippen LogP contribution in [0.1, 0.15) is 6.42 Å². The molecule has 1 heterocycles. The van der Waals surface area contributed by atoms with Gasteiger partial charge in [0.1, 0.15) is 0 Å². The van der Waals surface area contributed by atoms with E-state index in [2.05, 4.69) is 0 Å². The van der Waals surface area contributed by atoms with Gasteiger partial charge in [0.15, 0.2) is 9.84 Å². The van der Waals surface area contributed by atoms with Crippen molar-refractivity contribution in [1.29, 1.82) is 0 Å². The molecule has 16 heavy (non-hydrogen) atoms. The molecule has 1 rings (SSSR count). The highest BCUT2D eigenvalue weighted by Crippen LogP contribution is 2.38. The fraction of sp³-hybridized carbons (Fsp3) is 0.750. The smallest absolute Gasteiger partial charge is 0.393 e. The van der Waals surface area contributed by atoms with E-state index in [4.69, 9.17) is 5.11 Å². The Morgan fingerprint density at radius 2 is 1.94 bits per heavy atom. The molecule has 1 unspecified atom stereocenters. The minimum atomic E-state index is -5.02. The fourth-order valence-electron chi connectivity index (χ4n) is 1.43. The number of halogens is 3. The van der Waals surface area contributed by atoms with Crippen molar-refractivity contribution in [3.63, 3.8) is 0 Å². The molecule has 0 bridgehead atoms. The lowest BCUT2D eigenvalue weighted by molar-refractivity contribution is -0.255. The Hall–Kier alpha value is -0.600. The lowest BCUT2D eigenvalue weighted by atomic mass is 9.91. The van der Waals surface area contributed by atoms with Crippen LogP contribution in [0.25, 0.3) is 0 Å². The van der Waals surface area contributed by atoms with Gasteiger partial charge in [-0.05, 0) is 12.0 Å². The quantitative estimate of drug-likeness (QED) is 0.686. The Balaban J connectivity index is 3.05. The molecule has 1 aliphatic heterocycles. The Bertz CT molecular complexity index is 398. The minimum Gasteiger partial charge on any atom is -0.393 e. The average molecular weight is 260 g/mol. The molecule has 0 fully saturated rings. The van der Waals surface area contributed by atoms with E-state index in [1.165, 1.54) is 0 Å². The topological polar surface area (TPSA) is 74.6 Å². The molecule has 1 aliphatic rings. The third kappa shape index (κ3) is 2.38. The molecule has 0 aromatic heterocycles. The summed E-state index contributed by atoms with van der Waals surface area (Å²) in [7, 11) is -3.37. The van der Waals surface area contributed by atoms with Gasteiger partial charge in [-0.15, -0.1) is 0 Å². The molecule has 94 valence electrons. The van der Waals surface area contributed by atoms with Crippen LogP contribution in [0.3, 0.4) is 0 Å². The second-order valence-electron chi connectivity index (χ2n) is 3.61. The molecule has 0 aliphatic carbocycles. The van der Waals surface area contributed by atoms with Crippen LogP contribution in [0.5, 0.6) is 0 Å². The van der Waals surface area contributed by atoms with E-state index in [1.807, 2.05) is 0 Å². The van der Waals surface area contributed by atoms with E-state index >= 15 is 0 Å². The summed E-state index contributed by atoms with van der Waals surface area (Å²) in [4.78, 5) is 0. The van der Waals surface area contributed by atoms with Gasteiger partial charge in [0.05, 0.1) is 18.1 Å². The average Bonchev–Trinajstić information content (AvgIpc) is 2.14. The van der Waals surface area contributed by atoms with Crippen molar-refractivity contribution >= 4 is 9.84 Å². The van der Waals surface area contributed by atoms with Crippen molar-refractivity contribution in [3.05, 3.63) is 11.6 Å². The van der Waals surface area contributed by atoms with Gasteiger partial charge in [0.25, 0.3) is 0 Å². The van der Waals surface area contributed by atoms with Gasteiger partial charge in [0.2, 0.25) is 5.60 Å². The lowest BCUT2D eigenvalue weighted by Crippen LogP contribution is -2.51. The summed E-state index contributed by atoms with van der Waals surface area (Å²) in [6.07, 6.45) is -4.61. The van der Waals surface area contributed by atoms with E-state index in [0.29, 0.717) is 0 Å². The molecule has 1 atom stereocenters. The molecule has 8 heteroatoms. The standard InChI is InChI=1S/C8H11F3O4S/c9-8(10,11)7(13,5-12)6-1-3-16(14,15)4-2-6/h1,12-13H,2-5H2. The van der Waals surface area contributed by atoms with Gasteiger partial charge in [0, 0.05) is 0 Å². The van der Waals surface area contributed by atoms with Gasteiger partial charge >= 0.3 is 6.18 Å². The predicted molar refractivity (Wildman–Crippen MR) is 49.4 cm³/mol. The van der Waals surface area contributed by atoms with Crippen molar-refractivity contribution in [2.75, 3.05) is 18.1 Å². The van der Waals surface area contributed by atoms with Crippen LogP contribution in [0.15, 0.2) is 11.6 Å². The zero-order valence-corrected chi connectivity index (χ0v) is 8.98. The van der Waals surface area contributed by atoms with E-state index in [9.17, 15) is 26.7 Å². The van der Waals surface area contributed by atoms with Gasteiger partial charge in [-0.1, -0.05) is 6.08 Å². The predicted octanol–water partition coefficient (Wildman–Crippen LogP) is 0.0170. The summed E-state index contributed by atoms with van der Waals surface area (Å²) in [6, 6.07) is 0. The molecule has 0 saturated heterocycles. The molecular weight excluding hydrogens is 249 g/mol. The van der Waals surface area contributed by atoms with Gasteiger partial charge < -0.3 is 10.2 Å². The fourth-order valence-corrected chi connectivity index (χ4v) is 2.58. The summed E-state index contributed by atoms with van der Waals surface area (Å²) < 4.78 is 59.4.